The molecule has 0 aromatic heterocycles. The van der Waals surface area contributed by atoms with Crippen LogP contribution in [-0.2, 0) is 31.0 Å². The minimum atomic E-state index is 0. The first kappa shape index (κ1) is 19.5. The Kier molecular flexibility index (Phi) is 16.4. The van der Waals surface area contributed by atoms with Crippen molar-refractivity contribution in [2.75, 3.05) is 0 Å². The minimum Gasteiger partial charge on any atom is -0.542 e. The van der Waals surface area contributed by atoms with Crippen LogP contribution < -0.4 is 0 Å². The van der Waals surface area contributed by atoms with Crippen LogP contribution in [0.5, 0.6) is 0 Å². The van der Waals surface area contributed by atoms with Crippen LogP contribution in [-0.4, -0.2) is 11.0 Å². The molecule has 0 heterocycles. The Hall–Kier alpha value is 0.903. The van der Waals surface area contributed by atoms with Gasteiger partial charge in [-0.2, -0.15) is 0 Å². The third-order valence-corrected chi connectivity index (χ3v) is 2.11. The average Bonchev–Trinajstić information content (AvgIpc) is 2.03. The normalized spacial score (nSPS) is 11.8. The first-order valence-corrected chi connectivity index (χ1v) is 5.16. The van der Waals surface area contributed by atoms with Crippen molar-refractivity contribution >= 4 is 18.0 Å². The van der Waals surface area contributed by atoms with Crippen LogP contribution in [0.15, 0.2) is 0 Å². The summed E-state index contributed by atoms with van der Waals surface area (Å²) in [4.78, 5) is 9.61. The van der Waals surface area contributed by atoms with E-state index in [2.05, 4.69) is 27.0 Å². The van der Waals surface area contributed by atoms with E-state index in [9.17, 15) is 4.79 Å². The zero-order valence-corrected chi connectivity index (χ0v) is 12.6. The van der Waals surface area contributed by atoms with E-state index in [-0.39, 0.29) is 32.1 Å². The Morgan fingerprint density at radius 3 is 1.77 bits per heavy atom. The minimum absolute atomic E-state index is 0. The van der Waals surface area contributed by atoms with Gasteiger partial charge >= 0.3 is 26.2 Å². The topological polar surface area (TPSA) is 17.1 Å². The smallest absolute Gasteiger partial charge is 0.542 e. The second kappa shape index (κ2) is 11.0. The van der Waals surface area contributed by atoms with Crippen LogP contribution in [0.4, 0.5) is 0 Å². The Morgan fingerprint density at radius 2 is 1.77 bits per heavy atom. The van der Waals surface area contributed by atoms with Gasteiger partial charge in [-0.15, -0.1) is 5.92 Å². The largest absolute Gasteiger partial charge is 2.00 e. The third kappa shape index (κ3) is 24.6. The number of carbonyl (C=O) groups excluding carboxylic acids is 1. The predicted octanol–water partition coefficient (Wildman–Crippen LogP) is 3.45. The van der Waals surface area contributed by atoms with Gasteiger partial charge < -0.3 is 16.6 Å². The fraction of sp³-hybridized carbons (Fsp3) is 0.800. The van der Waals surface area contributed by atoms with Crippen molar-refractivity contribution in [1.29, 1.82) is 0 Å². The zero-order chi connectivity index (χ0) is 10.2. The predicted molar refractivity (Wildman–Crippen MR) is 57.8 cm³/mol. The summed E-state index contributed by atoms with van der Waals surface area (Å²) < 4.78 is 0.347. The molecule has 0 radical (unpaired) electrons. The Balaban J connectivity index is -0.000000143. The SMILES string of the molecule is CCC(C)[C-]=O.[CH2-]SC(C)(C)C.[Zr+2]. The van der Waals surface area contributed by atoms with Crippen LogP contribution in [0.3, 0.4) is 0 Å². The number of hydrogen-bond donors (Lipinski definition) is 0. The molecule has 1 nitrogen and oxygen atoms in total. The van der Waals surface area contributed by atoms with Gasteiger partial charge in [-0.1, -0.05) is 41.0 Å². The standard InChI is InChI=1S/C5H9O.C5H11S.Zr/c1-3-5(2)4-6;1-5(2,3)6-4;/h5H,3H2,1-2H3;4H2,1-3H3;/q2*-1;+2. The Labute approximate surface area is 107 Å². The summed E-state index contributed by atoms with van der Waals surface area (Å²) in [6, 6.07) is 0. The van der Waals surface area contributed by atoms with E-state index in [4.69, 9.17) is 0 Å². The maximum Gasteiger partial charge on any atom is 2.00 e. The summed E-state index contributed by atoms with van der Waals surface area (Å²) in [6.45, 7) is 10.3. The van der Waals surface area contributed by atoms with Crippen LogP contribution in [0.25, 0.3) is 0 Å². The van der Waals surface area contributed by atoms with E-state index in [1.54, 1.807) is 11.8 Å². The van der Waals surface area contributed by atoms with Crippen molar-refractivity contribution in [2.24, 2.45) is 5.92 Å². The third-order valence-electron chi connectivity index (χ3n) is 1.25. The van der Waals surface area contributed by atoms with Crippen LogP contribution in [0, 0.1) is 12.2 Å². The van der Waals surface area contributed by atoms with E-state index in [1.165, 1.54) is 0 Å². The van der Waals surface area contributed by atoms with Gasteiger partial charge in [0.2, 0.25) is 0 Å². The fourth-order valence-electron chi connectivity index (χ4n) is 0.0833. The molecule has 0 bridgehead atoms. The van der Waals surface area contributed by atoms with Crippen LogP contribution in [0.2, 0.25) is 0 Å². The summed E-state index contributed by atoms with van der Waals surface area (Å²) in [6.07, 6.45) is 6.44. The second-order valence-corrected chi connectivity index (χ2v) is 5.20. The van der Waals surface area contributed by atoms with E-state index in [1.807, 2.05) is 20.1 Å². The molecule has 0 rings (SSSR count). The summed E-state index contributed by atoms with van der Waals surface area (Å²) in [5.41, 5.74) is 0. The van der Waals surface area contributed by atoms with Gasteiger partial charge in [0.05, 0.1) is 0 Å². The van der Waals surface area contributed by atoms with Crippen LogP contribution >= 0.6 is 11.8 Å². The zero-order valence-electron chi connectivity index (χ0n) is 9.31. The van der Waals surface area contributed by atoms with Crippen molar-refractivity contribution in [1.82, 2.24) is 0 Å². The maximum absolute atomic E-state index is 9.61. The quantitative estimate of drug-likeness (QED) is 0.720. The van der Waals surface area contributed by atoms with E-state index < -0.39 is 0 Å². The number of rotatable bonds is 2. The molecule has 1 unspecified atom stereocenters. The van der Waals surface area contributed by atoms with Crippen molar-refractivity contribution in [3.05, 3.63) is 6.26 Å². The molecule has 0 aliphatic rings. The fourth-order valence-corrected chi connectivity index (χ4v) is 0.0833. The molecule has 0 aromatic rings. The monoisotopic (exact) mass is 278 g/mol. The molecular formula is C10H20OSZr. The molecule has 3 heteroatoms. The second-order valence-electron chi connectivity index (χ2n) is 3.68. The van der Waals surface area contributed by atoms with E-state index >= 15 is 0 Å². The summed E-state index contributed by atoms with van der Waals surface area (Å²) in [7, 11) is 0. The molecular weight excluding hydrogens is 259 g/mol. The van der Waals surface area contributed by atoms with Crippen LogP contribution in [0.1, 0.15) is 41.0 Å². The van der Waals surface area contributed by atoms with Gasteiger partial charge in [-0.25, -0.2) is 0 Å². The van der Waals surface area contributed by atoms with Gasteiger partial charge in [0.15, 0.2) is 0 Å². The van der Waals surface area contributed by atoms with Gasteiger partial charge in [-0.3, -0.25) is 12.5 Å². The molecule has 0 fully saturated rings. The first-order valence-electron chi connectivity index (χ1n) is 4.18. The first-order chi connectivity index (χ1) is 5.37. The molecule has 0 aliphatic carbocycles. The van der Waals surface area contributed by atoms with Gasteiger partial charge in [0.1, 0.15) is 0 Å². The maximum atomic E-state index is 9.61. The molecule has 0 saturated heterocycles. The van der Waals surface area contributed by atoms with Crippen molar-refractivity contribution in [3.8, 4) is 0 Å². The molecule has 0 saturated carbocycles. The molecule has 0 amide bonds. The van der Waals surface area contributed by atoms with E-state index in [0.29, 0.717) is 4.75 Å². The summed E-state index contributed by atoms with van der Waals surface area (Å²) in [5, 5.41) is 0. The number of thioether (sulfide) groups is 1. The molecule has 0 spiro atoms. The van der Waals surface area contributed by atoms with Gasteiger partial charge in [0, 0.05) is 0 Å². The Bertz CT molecular complexity index is 110. The van der Waals surface area contributed by atoms with Crippen molar-refractivity contribution in [2.45, 2.75) is 45.8 Å². The molecule has 0 aromatic carbocycles. The average molecular weight is 280 g/mol. The van der Waals surface area contributed by atoms with Crippen molar-refractivity contribution in [3.63, 3.8) is 0 Å². The molecule has 76 valence electrons. The van der Waals surface area contributed by atoms with Gasteiger partial charge in [0.25, 0.3) is 0 Å². The van der Waals surface area contributed by atoms with Gasteiger partial charge in [-0.05, 0) is 4.75 Å². The van der Waals surface area contributed by atoms with E-state index in [0.717, 1.165) is 6.42 Å². The summed E-state index contributed by atoms with van der Waals surface area (Å²) in [5.74, 6) is 0.130. The molecule has 13 heavy (non-hydrogen) atoms. The van der Waals surface area contributed by atoms with Crippen molar-refractivity contribution < 1.29 is 31.0 Å². The number of hydrogen-bond acceptors (Lipinski definition) is 2. The molecule has 0 aliphatic heterocycles. The molecule has 0 N–H and O–H groups in total. The Morgan fingerprint density at radius 1 is 1.46 bits per heavy atom. The summed E-state index contributed by atoms with van der Waals surface area (Å²) >= 11 is 1.63. The molecule has 1 atom stereocenters.